The fourth-order valence-electron chi connectivity index (χ4n) is 2.52. The van der Waals surface area contributed by atoms with Crippen molar-refractivity contribution in [2.24, 2.45) is 0 Å². The third-order valence-electron chi connectivity index (χ3n) is 3.87. The minimum Gasteiger partial charge on any atom is -0.459 e. The van der Waals surface area contributed by atoms with E-state index in [0.717, 1.165) is 11.4 Å². The topological polar surface area (TPSA) is 128 Å². The van der Waals surface area contributed by atoms with E-state index in [1.165, 1.54) is 28.6 Å². The van der Waals surface area contributed by atoms with Gasteiger partial charge in [-0.3, -0.25) is 14.9 Å². The molecule has 3 heterocycles. The van der Waals surface area contributed by atoms with Gasteiger partial charge in [0.05, 0.1) is 17.6 Å². The van der Waals surface area contributed by atoms with Gasteiger partial charge in [0.2, 0.25) is 5.91 Å². The SMILES string of the molecule is O=C(CCc1csc(NC(=O)c2ccco2)n1)Nc1cccc(-n2cnnn2)c1. The monoisotopic (exact) mass is 409 g/mol. The Morgan fingerprint density at radius 2 is 2.10 bits per heavy atom. The molecule has 0 aliphatic heterocycles. The van der Waals surface area contributed by atoms with Crippen molar-refractivity contribution in [2.75, 3.05) is 10.6 Å². The number of amides is 2. The molecule has 2 amide bonds. The third-order valence-corrected chi connectivity index (χ3v) is 4.68. The van der Waals surface area contributed by atoms with E-state index in [-0.39, 0.29) is 24.0 Å². The van der Waals surface area contributed by atoms with E-state index in [4.69, 9.17) is 4.42 Å². The van der Waals surface area contributed by atoms with Gasteiger partial charge in [-0.25, -0.2) is 9.67 Å². The highest BCUT2D eigenvalue weighted by molar-refractivity contribution is 7.13. The molecular weight excluding hydrogens is 394 g/mol. The smallest absolute Gasteiger partial charge is 0.293 e. The van der Waals surface area contributed by atoms with Gasteiger partial charge < -0.3 is 9.73 Å². The molecule has 0 saturated carbocycles. The van der Waals surface area contributed by atoms with Crippen molar-refractivity contribution in [3.8, 4) is 5.69 Å². The Bertz CT molecular complexity index is 1110. The van der Waals surface area contributed by atoms with E-state index in [9.17, 15) is 9.59 Å². The lowest BCUT2D eigenvalue weighted by Gasteiger charge is -2.06. The van der Waals surface area contributed by atoms with Crippen molar-refractivity contribution in [3.05, 3.63) is 65.8 Å². The largest absolute Gasteiger partial charge is 0.459 e. The molecule has 29 heavy (non-hydrogen) atoms. The van der Waals surface area contributed by atoms with Crippen LogP contribution in [0.25, 0.3) is 5.69 Å². The summed E-state index contributed by atoms with van der Waals surface area (Å²) in [7, 11) is 0. The molecule has 4 aromatic rings. The average Bonchev–Trinajstić information content (AvgIpc) is 3.49. The molecule has 0 unspecified atom stereocenters. The number of thiazole rings is 1. The Morgan fingerprint density at radius 3 is 2.90 bits per heavy atom. The van der Waals surface area contributed by atoms with E-state index in [0.29, 0.717) is 17.2 Å². The minimum absolute atomic E-state index is 0.145. The van der Waals surface area contributed by atoms with Crippen molar-refractivity contribution in [3.63, 3.8) is 0 Å². The number of anilines is 2. The van der Waals surface area contributed by atoms with Gasteiger partial charge in [0.1, 0.15) is 6.33 Å². The van der Waals surface area contributed by atoms with Crippen LogP contribution in [-0.4, -0.2) is 37.0 Å². The Kier molecular flexibility index (Phi) is 5.38. The van der Waals surface area contributed by atoms with E-state index in [1.54, 1.807) is 30.3 Å². The zero-order valence-electron chi connectivity index (χ0n) is 15.0. The van der Waals surface area contributed by atoms with Gasteiger partial charge in [0.25, 0.3) is 5.91 Å². The Morgan fingerprint density at radius 1 is 1.17 bits per heavy atom. The summed E-state index contributed by atoms with van der Waals surface area (Å²) in [6.07, 6.45) is 3.61. The van der Waals surface area contributed by atoms with E-state index >= 15 is 0 Å². The van der Waals surface area contributed by atoms with Crippen molar-refractivity contribution in [1.82, 2.24) is 25.2 Å². The van der Waals surface area contributed by atoms with Gasteiger partial charge in [-0.1, -0.05) is 6.07 Å². The van der Waals surface area contributed by atoms with Crippen molar-refractivity contribution in [2.45, 2.75) is 12.8 Å². The second-order valence-electron chi connectivity index (χ2n) is 5.93. The predicted octanol–water partition coefficient (Wildman–Crippen LogP) is 2.54. The Labute approximate surface area is 168 Å². The first kappa shape index (κ1) is 18.5. The van der Waals surface area contributed by atoms with Crippen molar-refractivity contribution in [1.29, 1.82) is 0 Å². The number of hydrogen-bond donors (Lipinski definition) is 2. The maximum absolute atomic E-state index is 12.3. The zero-order chi connectivity index (χ0) is 20.1. The van der Waals surface area contributed by atoms with Crippen LogP contribution in [0.4, 0.5) is 10.8 Å². The first-order valence-corrected chi connectivity index (χ1v) is 9.48. The molecule has 0 spiro atoms. The summed E-state index contributed by atoms with van der Waals surface area (Å²) in [6.45, 7) is 0. The molecule has 0 aliphatic carbocycles. The Hall–Kier alpha value is -3.86. The summed E-state index contributed by atoms with van der Waals surface area (Å²) in [5.74, 6) is -0.297. The van der Waals surface area contributed by atoms with Crippen LogP contribution in [0.5, 0.6) is 0 Å². The highest BCUT2D eigenvalue weighted by atomic mass is 32.1. The van der Waals surface area contributed by atoms with Gasteiger partial charge in [0, 0.05) is 17.5 Å². The summed E-state index contributed by atoms with van der Waals surface area (Å²) in [5.41, 5.74) is 2.11. The van der Waals surface area contributed by atoms with Gasteiger partial charge in [0.15, 0.2) is 10.9 Å². The standard InChI is InChI=1S/C18H15N7O3S/c26-16(20-12-3-1-4-14(9-12)25-11-19-23-24-25)7-6-13-10-29-18(21-13)22-17(27)15-5-2-8-28-15/h1-5,8-11H,6-7H2,(H,20,26)(H,21,22,27). The number of aryl methyl sites for hydroxylation is 1. The van der Waals surface area contributed by atoms with Gasteiger partial charge in [-0.2, -0.15) is 0 Å². The number of carbonyl (C=O) groups excluding carboxylic acids is 2. The van der Waals surface area contributed by atoms with Crippen molar-refractivity contribution >= 4 is 34.0 Å². The molecule has 0 aliphatic rings. The molecule has 146 valence electrons. The summed E-state index contributed by atoms with van der Waals surface area (Å²) in [6, 6.07) is 10.4. The van der Waals surface area contributed by atoms with Crippen LogP contribution in [0.1, 0.15) is 22.7 Å². The van der Waals surface area contributed by atoms with Crippen molar-refractivity contribution < 1.29 is 14.0 Å². The number of nitrogens with one attached hydrogen (secondary N) is 2. The van der Waals surface area contributed by atoms with Crippen LogP contribution in [-0.2, 0) is 11.2 Å². The lowest BCUT2D eigenvalue weighted by atomic mass is 10.2. The lowest BCUT2D eigenvalue weighted by molar-refractivity contribution is -0.116. The molecule has 0 fully saturated rings. The summed E-state index contributed by atoms with van der Waals surface area (Å²) in [4.78, 5) is 28.5. The fourth-order valence-corrected chi connectivity index (χ4v) is 3.26. The Balaban J connectivity index is 1.30. The quantitative estimate of drug-likeness (QED) is 0.480. The maximum atomic E-state index is 12.3. The van der Waals surface area contributed by atoms with Crippen LogP contribution in [0.15, 0.2) is 58.8 Å². The number of hydrogen-bond acceptors (Lipinski definition) is 8. The molecule has 2 N–H and O–H groups in total. The van der Waals surface area contributed by atoms with Crippen LogP contribution in [0.3, 0.4) is 0 Å². The molecule has 0 bridgehead atoms. The summed E-state index contributed by atoms with van der Waals surface area (Å²) < 4.78 is 6.54. The summed E-state index contributed by atoms with van der Waals surface area (Å²) in [5, 5.41) is 18.8. The van der Waals surface area contributed by atoms with E-state index in [1.807, 2.05) is 11.4 Å². The third kappa shape index (κ3) is 4.71. The van der Waals surface area contributed by atoms with Crippen LogP contribution < -0.4 is 10.6 Å². The number of carbonyl (C=O) groups is 2. The van der Waals surface area contributed by atoms with Crippen LogP contribution in [0, 0.1) is 0 Å². The van der Waals surface area contributed by atoms with E-state index in [2.05, 4.69) is 31.1 Å². The zero-order valence-corrected chi connectivity index (χ0v) is 15.8. The summed E-state index contributed by atoms with van der Waals surface area (Å²) >= 11 is 1.29. The molecule has 0 saturated heterocycles. The van der Waals surface area contributed by atoms with Gasteiger partial charge in [-0.05, 0) is 47.2 Å². The number of aromatic nitrogens is 5. The molecule has 4 rings (SSSR count). The van der Waals surface area contributed by atoms with E-state index < -0.39 is 0 Å². The van der Waals surface area contributed by atoms with Crippen LogP contribution >= 0.6 is 11.3 Å². The molecule has 0 radical (unpaired) electrons. The highest BCUT2D eigenvalue weighted by Crippen LogP contribution is 2.18. The predicted molar refractivity (Wildman–Crippen MR) is 105 cm³/mol. The first-order valence-electron chi connectivity index (χ1n) is 8.60. The minimum atomic E-state index is -0.365. The fraction of sp³-hybridized carbons (Fsp3) is 0.111. The van der Waals surface area contributed by atoms with Gasteiger partial charge >= 0.3 is 0 Å². The van der Waals surface area contributed by atoms with Crippen LogP contribution in [0.2, 0.25) is 0 Å². The normalized spacial score (nSPS) is 10.6. The molecule has 3 aromatic heterocycles. The molecule has 11 heteroatoms. The maximum Gasteiger partial charge on any atom is 0.293 e. The number of benzene rings is 1. The highest BCUT2D eigenvalue weighted by Gasteiger charge is 2.12. The number of tetrazole rings is 1. The molecule has 10 nitrogen and oxygen atoms in total. The van der Waals surface area contributed by atoms with Gasteiger partial charge in [-0.15, -0.1) is 16.4 Å². The molecule has 0 atom stereocenters. The second-order valence-corrected chi connectivity index (χ2v) is 6.79. The molecular formula is C18H15N7O3S. The first-order chi connectivity index (χ1) is 14.2. The average molecular weight is 409 g/mol. The lowest BCUT2D eigenvalue weighted by Crippen LogP contribution is -2.13. The molecule has 1 aromatic carbocycles. The number of rotatable bonds is 7. The number of nitrogens with zero attached hydrogens (tertiary/aromatic N) is 5. The second kappa shape index (κ2) is 8.44. The number of furan rings is 1.